The van der Waals surface area contributed by atoms with E-state index in [1.165, 1.54) is 0 Å². The lowest BCUT2D eigenvalue weighted by atomic mass is 9.97. The highest BCUT2D eigenvalue weighted by Crippen LogP contribution is 2.35. The molecule has 0 saturated carbocycles. The molecule has 0 saturated heterocycles. The first kappa shape index (κ1) is 11.8. The third-order valence-corrected chi connectivity index (χ3v) is 3.52. The minimum atomic E-state index is 0.924. The van der Waals surface area contributed by atoms with Crippen LogP contribution in [-0.4, -0.2) is 16.2 Å². The van der Waals surface area contributed by atoms with Gasteiger partial charge < -0.3 is 0 Å². The van der Waals surface area contributed by atoms with E-state index in [4.69, 9.17) is 0 Å². The van der Waals surface area contributed by atoms with Crippen LogP contribution in [0.4, 0.5) is 5.69 Å². The Balaban J connectivity index is 2.09. The third kappa shape index (κ3) is 1.97. The van der Waals surface area contributed by atoms with Gasteiger partial charge in [0.2, 0.25) is 0 Å². The van der Waals surface area contributed by atoms with Crippen molar-refractivity contribution in [1.82, 2.24) is 9.97 Å². The molecule has 4 rings (SSSR count). The zero-order valence-electron chi connectivity index (χ0n) is 11.2. The van der Waals surface area contributed by atoms with Crippen molar-refractivity contribution in [3.05, 3.63) is 60.6 Å². The van der Waals surface area contributed by atoms with Crippen LogP contribution in [0.25, 0.3) is 28.1 Å². The topological polar surface area (TPSA) is 50.2 Å². The van der Waals surface area contributed by atoms with Crippen LogP contribution in [0.1, 0.15) is 5.56 Å². The number of nitrogens with zero attached hydrogens (tertiary/aromatic N) is 3. The molecule has 100 valence electrons. The van der Waals surface area contributed by atoms with E-state index < -0.39 is 0 Å². The van der Waals surface area contributed by atoms with Gasteiger partial charge in [-0.2, -0.15) is 5.10 Å². The van der Waals surface area contributed by atoms with Crippen LogP contribution in [0.15, 0.2) is 60.1 Å². The normalized spacial score (nSPS) is 12.8. The second kappa shape index (κ2) is 4.83. The summed E-state index contributed by atoms with van der Waals surface area (Å²) in [6.45, 7) is 0. The number of nitrogens with one attached hydrogen (secondary N) is 1. The Hall–Kier alpha value is -3.01. The van der Waals surface area contributed by atoms with Crippen molar-refractivity contribution in [2.24, 2.45) is 5.10 Å². The van der Waals surface area contributed by atoms with Crippen molar-refractivity contribution in [3.63, 3.8) is 0 Å². The van der Waals surface area contributed by atoms with E-state index >= 15 is 0 Å². The molecule has 0 bridgehead atoms. The van der Waals surface area contributed by atoms with Crippen LogP contribution in [0.3, 0.4) is 0 Å². The first-order valence-electron chi connectivity index (χ1n) is 6.71. The number of hydrazone groups is 1. The lowest BCUT2D eigenvalue weighted by Gasteiger charge is -2.12. The van der Waals surface area contributed by atoms with E-state index in [1.807, 2.05) is 36.5 Å². The van der Waals surface area contributed by atoms with E-state index in [9.17, 15) is 0 Å². The van der Waals surface area contributed by atoms with Gasteiger partial charge in [0.15, 0.2) is 0 Å². The Morgan fingerprint density at radius 3 is 2.86 bits per heavy atom. The number of fused-ring (bicyclic) bond motifs is 3. The monoisotopic (exact) mass is 272 g/mol. The summed E-state index contributed by atoms with van der Waals surface area (Å²) < 4.78 is 0. The molecule has 0 atom stereocenters. The fraction of sp³-hybridized carbons (Fsp3) is 0. The molecule has 0 spiro atoms. The molecule has 0 amide bonds. The second-order valence-corrected chi connectivity index (χ2v) is 4.79. The summed E-state index contributed by atoms with van der Waals surface area (Å²) in [6.07, 6.45) is 9.10. The molecule has 2 heterocycles. The molecule has 0 unspecified atom stereocenters. The summed E-state index contributed by atoms with van der Waals surface area (Å²) in [5, 5.41) is 5.12. The maximum absolute atomic E-state index is 4.47. The number of hydrogen-bond donors (Lipinski definition) is 1. The van der Waals surface area contributed by atoms with Crippen molar-refractivity contribution >= 4 is 28.9 Å². The Bertz CT molecular complexity index is 867. The van der Waals surface area contributed by atoms with Gasteiger partial charge in [0.05, 0.1) is 11.2 Å². The Kier molecular flexibility index (Phi) is 2.71. The Labute approximate surface area is 121 Å². The molecule has 0 fully saturated rings. The van der Waals surface area contributed by atoms with Crippen LogP contribution in [0, 0.1) is 0 Å². The SMILES string of the molecule is C1=Cc2cc(-c3ccccc3)c3ncncc3c2NN=C1. The molecular weight excluding hydrogens is 260 g/mol. The van der Waals surface area contributed by atoms with E-state index in [2.05, 4.69) is 38.7 Å². The summed E-state index contributed by atoms with van der Waals surface area (Å²) in [6, 6.07) is 12.4. The predicted molar refractivity (Wildman–Crippen MR) is 86.1 cm³/mol. The molecule has 1 aromatic heterocycles. The van der Waals surface area contributed by atoms with Gasteiger partial charge in [-0.05, 0) is 17.7 Å². The first-order chi connectivity index (χ1) is 10.4. The molecule has 4 nitrogen and oxygen atoms in total. The average Bonchev–Trinajstić information content (AvgIpc) is 2.80. The minimum absolute atomic E-state index is 0.924. The van der Waals surface area contributed by atoms with Gasteiger partial charge in [0.25, 0.3) is 0 Å². The number of benzene rings is 2. The zero-order chi connectivity index (χ0) is 14.1. The van der Waals surface area contributed by atoms with Gasteiger partial charge in [0.1, 0.15) is 6.33 Å². The molecular formula is C17H12N4. The van der Waals surface area contributed by atoms with Gasteiger partial charge in [-0.3, -0.25) is 5.43 Å². The van der Waals surface area contributed by atoms with Gasteiger partial charge in [-0.15, -0.1) is 0 Å². The smallest absolute Gasteiger partial charge is 0.116 e. The summed E-state index contributed by atoms with van der Waals surface area (Å²) in [5.74, 6) is 0. The average molecular weight is 272 g/mol. The highest BCUT2D eigenvalue weighted by atomic mass is 15.3. The van der Waals surface area contributed by atoms with Crippen LogP contribution in [0.5, 0.6) is 0 Å². The highest BCUT2D eigenvalue weighted by molar-refractivity contribution is 6.05. The first-order valence-corrected chi connectivity index (χ1v) is 6.71. The molecule has 0 radical (unpaired) electrons. The van der Waals surface area contributed by atoms with Gasteiger partial charge >= 0.3 is 0 Å². The molecule has 1 aliphatic heterocycles. The fourth-order valence-corrected chi connectivity index (χ4v) is 2.56. The van der Waals surface area contributed by atoms with Crippen molar-refractivity contribution in [3.8, 4) is 11.1 Å². The van der Waals surface area contributed by atoms with E-state index in [0.29, 0.717) is 0 Å². The Morgan fingerprint density at radius 1 is 1.05 bits per heavy atom. The largest absolute Gasteiger partial charge is 0.277 e. The van der Waals surface area contributed by atoms with Crippen molar-refractivity contribution in [2.75, 3.05) is 5.43 Å². The summed E-state index contributed by atoms with van der Waals surface area (Å²) in [5.41, 5.74) is 8.25. The summed E-state index contributed by atoms with van der Waals surface area (Å²) in [4.78, 5) is 8.63. The number of anilines is 1. The summed E-state index contributed by atoms with van der Waals surface area (Å²) in [7, 11) is 0. The number of hydrogen-bond acceptors (Lipinski definition) is 4. The number of rotatable bonds is 1. The summed E-state index contributed by atoms with van der Waals surface area (Å²) >= 11 is 0. The molecule has 2 aromatic carbocycles. The fourth-order valence-electron chi connectivity index (χ4n) is 2.56. The maximum atomic E-state index is 4.47. The zero-order valence-corrected chi connectivity index (χ0v) is 11.2. The molecule has 21 heavy (non-hydrogen) atoms. The van der Waals surface area contributed by atoms with Gasteiger partial charge in [-0.1, -0.05) is 36.4 Å². The minimum Gasteiger partial charge on any atom is -0.277 e. The van der Waals surface area contributed by atoms with Crippen LogP contribution in [-0.2, 0) is 0 Å². The predicted octanol–water partition coefficient (Wildman–Crippen LogP) is 3.72. The number of allylic oxidation sites excluding steroid dienone is 1. The van der Waals surface area contributed by atoms with Crippen molar-refractivity contribution < 1.29 is 0 Å². The molecule has 1 aliphatic rings. The Morgan fingerprint density at radius 2 is 1.95 bits per heavy atom. The van der Waals surface area contributed by atoms with Crippen molar-refractivity contribution in [1.29, 1.82) is 0 Å². The van der Waals surface area contributed by atoms with E-state index in [0.717, 1.165) is 33.3 Å². The van der Waals surface area contributed by atoms with E-state index in [1.54, 1.807) is 12.5 Å². The number of aromatic nitrogens is 2. The van der Waals surface area contributed by atoms with E-state index in [-0.39, 0.29) is 0 Å². The van der Waals surface area contributed by atoms with Crippen LogP contribution < -0.4 is 5.43 Å². The van der Waals surface area contributed by atoms with Crippen LogP contribution in [0.2, 0.25) is 0 Å². The lowest BCUT2D eigenvalue weighted by Crippen LogP contribution is -1.96. The van der Waals surface area contributed by atoms with Crippen LogP contribution >= 0.6 is 0 Å². The molecule has 4 heteroatoms. The molecule has 0 aliphatic carbocycles. The third-order valence-electron chi connectivity index (χ3n) is 3.52. The standard InChI is InChI=1S/C17H12N4/c1-2-5-12(6-3-1)14-9-13-7-4-8-20-21-16(13)15-10-18-11-19-17(14)15/h1-11,21H. The maximum Gasteiger partial charge on any atom is 0.116 e. The lowest BCUT2D eigenvalue weighted by molar-refractivity contribution is 1.22. The molecule has 1 N–H and O–H groups in total. The highest BCUT2D eigenvalue weighted by Gasteiger charge is 2.13. The second-order valence-electron chi connectivity index (χ2n) is 4.79. The quantitative estimate of drug-likeness (QED) is 0.734. The van der Waals surface area contributed by atoms with Crippen molar-refractivity contribution in [2.45, 2.75) is 0 Å². The van der Waals surface area contributed by atoms with Gasteiger partial charge in [-0.25, -0.2) is 9.97 Å². The van der Waals surface area contributed by atoms with Gasteiger partial charge in [0, 0.05) is 28.9 Å². The molecule has 3 aromatic rings.